The predicted octanol–water partition coefficient (Wildman–Crippen LogP) is 6.30. The van der Waals surface area contributed by atoms with Gasteiger partial charge >= 0.3 is 11.8 Å². The van der Waals surface area contributed by atoms with Crippen molar-refractivity contribution in [2.45, 2.75) is 84.0 Å². The Balaban J connectivity index is 5.32. The molecule has 0 amide bonds. The molecule has 0 rings (SSSR count). The van der Waals surface area contributed by atoms with Gasteiger partial charge in [-0.2, -0.15) is 17.6 Å². The molecule has 0 unspecified atom stereocenters. The monoisotopic (exact) mass is 306 g/mol. The molecular formula is C14H24F6. The zero-order valence-corrected chi connectivity index (χ0v) is 12.5. The van der Waals surface area contributed by atoms with Crippen molar-refractivity contribution in [3.8, 4) is 0 Å². The predicted molar refractivity (Wildman–Crippen MR) is 67.7 cm³/mol. The standard InChI is InChI=1S/C14H24F6/c1-5-7-9-12(15,16)11(3,4)14(19,20)13(17,18)10-8-6-2/h5-10H2,1-4H3. The van der Waals surface area contributed by atoms with Crippen LogP contribution in [0.5, 0.6) is 0 Å². The summed E-state index contributed by atoms with van der Waals surface area (Å²) in [7, 11) is 0. The van der Waals surface area contributed by atoms with Crippen LogP contribution in [0.2, 0.25) is 0 Å². The van der Waals surface area contributed by atoms with Gasteiger partial charge in [0, 0.05) is 12.8 Å². The second-order valence-electron chi connectivity index (χ2n) is 5.82. The first-order valence-electron chi connectivity index (χ1n) is 7.01. The molecule has 20 heavy (non-hydrogen) atoms. The Hall–Kier alpha value is -0.420. The highest BCUT2D eigenvalue weighted by molar-refractivity contribution is 5.03. The molecule has 0 saturated carbocycles. The number of hydrogen-bond acceptors (Lipinski definition) is 0. The average Bonchev–Trinajstić information content (AvgIpc) is 2.33. The van der Waals surface area contributed by atoms with E-state index in [9.17, 15) is 26.3 Å². The molecule has 0 aromatic carbocycles. The van der Waals surface area contributed by atoms with E-state index in [0.717, 1.165) is 0 Å². The highest BCUT2D eigenvalue weighted by Crippen LogP contribution is 2.57. The molecule has 122 valence electrons. The van der Waals surface area contributed by atoms with Gasteiger partial charge in [0.05, 0.1) is 5.41 Å². The van der Waals surface area contributed by atoms with Crippen LogP contribution in [0.25, 0.3) is 0 Å². The van der Waals surface area contributed by atoms with Crippen molar-refractivity contribution in [3.63, 3.8) is 0 Å². The van der Waals surface area contributed by atoms with E-state index < -0.39 is 36.0 Å². The quantitative estimate of drug-likeness (QED) is 0.438. The third-order valence-electron chi connectivity index (χ3n) is 3.85. The lowest BCUT2D eigenvalue weighted by molar-refractivity contribution is -0.313. The smallest absolute Gasteiger partial charge is 0.206 e. The SMILES string of the molecule is CCCCC(F)(F)C(C)(C)C(F)(F)C(F)(F)CCCC. The van der Waals surface area contributed by atoms with Gasteiger partial charge in [0.2, 0.25) is 0 Å². The summed E-state index contributed by atoms with van der Waals surface area (Å²) in [4.78, 5) is 0. The van der Waals surface area contributed by atoms with Crippen LogP contribution in [-0.2, 0) is 0 Å². The van der Waals surface area contributed by atoms with Gasteiger partial charge in [0.25, 0.3) is 5.92 Å². The number of alkyl halides is 6. The molecule has 0 aromatic rings. The van der Waals surface area contributed by atoms with E-state index >= 15 is 0 Å². The van der Waals surface area contributed by atoms with E-state index in [1.807, 2.05) is 0 Å². The third kappa shape index (κ3) is 3.61. The maximum atomic E-state index is 14.0. The number of hydrogen-bond donors (Lipinski definition) is 0. The molecule has 0 N–H and O–H groups in total. The molecule has 0 nitrogen and oxygen atoms in total. The summed E-state index contributed by atoms with van der Waals surface area (Å²) in [5.41, 5.74) is -3.09. The first kappa shape index (κ1) is 19.6. The van der Waals surface area contributed by atoms with Gasteiger partial charge in [-0.15, -0.1) is 0 Å². The minimum Gasteiger partial charge on any atom is -0.206 e. The van der Waals surface area contributed by atoms with Gasteiger partial charge in [-0.3, -0.25) is 0 Å². The Kier molecular flexibility index (Phi) is 6.42. The second kappa shape index (κ2) is 6.56. The molecule has 0 aromatic heterocycles. The van der Waals surface area contributed by atoms with Crippen LogP contribution >= 0.6 is 0 Å². The van der Waals surface area contributed by atoms with Gasteiger partial charge in [0.15, 0.2) is 0 Å². The molecule has 0 heterocycles. The van der Waals surface area contributed by atoms with Crippen LogP contribution in [0.4, 0.5) is 26.3 Å². The zero-order valence-electron chi connectivity index (χ0n) is 12.5. The van der Waals surface area contributed by atoms with Crippen LogP contribution < -0.4 is 0 Å². The minimum atomic E-state index is -4.76. The molecule has 0 spiro atoms. The van der Waals surface area contributed by atoms with Crippen LogP contribution in [0.15, 0.2) is 0 Å². The topological polar surface area (TPSA) is 0 Å². The summed E-state index contributed by atoms with van der Waals surface area (Å²) in [5.74, 6) is -13.0. The van der Waals surface area contributed by atoms with Crippen molar-refractivity contribution in [2.24, 2.45) is 5.41 Å². The average molecular weight is 306 g/mol. The molecule has 0 aliphatic carbocycles. The Bertz CT molecular complexity index is 266. The molecule has 0 fully saturated rings. The van der Waals surface area contributed by atoms with E-state index in [4.69, 9.17) is 0 Å². The number of halogens is 6. The summed E-state index contributed by atoms with van der Waals surface area (Å²) in [5, 5.41) is 0. The highest BCUT2D eigenvalue weighted by atomic mass is 19.3. The highest BCUT2D eigenvalue weighted by Gasteiger charge is 2.71. The van der Waals surface area contributed by atoms with Crippen molar-refractivity contribution in [2.75, 3.05) is 0 Å². The maximum absolute atomic E-state index is 14.0. The first-order chi connectivity index (χ1) is 8.87. The second-order valence-corrected chi connectivity index (χ2v) is 5.82. The Morgan fingerprint density at radius 3 is 1.35 bits per heavy atom. The van der Waals surface area contributed by atoms with Crippen molar-refractivity contribution < 1.29 is 26.3 Å². The Morgan fingerprint density at radius 2 is 1.00 bits per heavy atom. The van der Waals surface area contributed by atoms with Gasteiger partial charge in [-0.25, -0.2) is 8.78 Å². The lowest BCUT2D eigenvalue weighted by atomic mass is 9.73. The van der Waals surface area contributed by atoms with E-state index in [1.54, 1.807) is 13.8 Å². The molecule has 0 radical (unpaired) electrons. The van der Waals surface area contributed by atoms with Crippen molar-refractivity contribution >= 4 is 0 Å². The third-order valence-corrected chi connectivity index (χ3v) is 3.85. The minimum absolute atomic E-state index is 0.0209. The van der Waals surface area contributed by atoms with E-state index in [0.29, 0.717) is 26.7 Å². The lowest BCUT2D eigenvalue weighted by Gasteiger charge is -2.43. The van der Waals surface area contributed by atoms with E-state index in [2.05, 4.69) is 0 Å². The fourth-order valence-corrected chi connectivity index (χ4v) is 1.95. The molecule has 0 bridgehead atoms. The number of rotatable bonds is 9. The van der Waals surface area contributed by atoms with Crippen LogP contribution in [0.1, 0.15) is 66.2 Å². The number of unbranched alkanes of at least 4 members (excludes halogenated alkanes) is 2. The molecule has 0 atom stereocenters. The summed E-state index contributed by atoms with van der Waals surface area (Å²) in [6, 6.07) is 0. The van der Waals surface area contributed by atoms with Crippen molar-refractivity contribution in [1.29, 1.82) is 0 Å². The summed E-state index contributed by atoms with van der Waals surface area (Å²) < 4.78 is 83.1. The molecule has 0 saturated heterocycles. The Labute approximate surface area is 116 Å². The first-order valence-corrected chi connectivity index (χ1v) is 7.01. The summed E-state index contributed by atoms with van der Waals surface area (Å²) >= 11 is 0. The fourth-order valence-electron chi connectivity index (χ4n) is 1.95. The van der Waals surface area contributed by atoms with Crippen LogP contribution in [0.3, 0.4) is 0 Å². The summed E-state index contributed by atoms with van der Waals surface area (Å²) in [6.45, 7) is 4.28. The van der Waals surface area contributed by atoms with Crippen molar-refractivity contribution in [1.82, 2.24) is 0 Å². The van der Waals surface area contributed by atoms with Gasteiger partial charge in [-0.05, 0) is 26.7 Å². The fraction of sp³-hybridized carbons (Fsp3) is 1.00. The molecule has 0 aliphatic heterocycles. The van der Waals surface area contributed by atoms with Crippen LogP contribution in [0, 0.1) is 5.41 Å². The zero-order chi connectivity index (χ0) is 16.2. The van der Waals surface area contributed by atoms with Gasteiger partial charge in [0.1, 0.15) is 0 Å². The molecule has 6 heteroatoms. The van der Waals surface area contributed by atoms with E-state index in [1.165, 1.54) is 0 Å². The summed E-state index contributed by atoms with van der Waals surface area (Å²) in [6.07, 6.45) is -1.30. The lowest BCUT2D eigenvalue weighted by Crippen LogP contribution is -2.58. The molecular weight excluding hydrogens is 282 g/mol. The van der Waals surface area contributed by atoms with Crippen molar-refractivity contribution in [3.05, 3.63) is 0 Å². The molecule has 0 aliphatic rings. The normalized spacial score (nSPS) is 14.7. The van der Waals surface area contributed by atoms with Crippen LogP contribution in [-0.4, -0.2) is 17.8 Å². The van der Waals surface area contributed by atoms with Gasteiger partial charge in [-0.1, -0.05) is 26.7 Å². The Morgan fingerprint density at radius 1 is 0.650 bits per heavy atom. The largest absolute Gasteiger partial charge is 0.320 e. The maximum Gasteiger partial charge on any atom is 0.320 e. The van der Waals surface area contributed by atoms with Gasteiger partial charge < -0.3 is 0 Å². The van der Waals surface area contributed by atoms with E-state index in [-0.39, 0.29) is 12.8 Å².